The monoisotopic (exact) mass is 282 g/mol. The van der Waals surface area contributed by atoms with E-state index in [0.717, 1.165) is 11.1 Å². The Labute approximate surface area is 127 Å². The quantitative estimate of drug-likeness (QED) is 0.498. The number of nitrogens with one attached hydrogen (secondary N) is 1. The highest BCUT2D eigenvalue weighted by Crippen LogP contribution is 2.04. The van der Waals surface area contributed by atoms with Gasteiger partial charge in [-0.25, -0.2) is 9.69 Å². The topological polar surface area (TPSA) is 32.3 Å². The first-order valence-electron chi connectivity index (χ1n) is 7.00. The zero-order valence-corrected chi connectivity index (χ0v) is 12.9. The van der Waals surface area contributed by atoms with Crippen LogP contribution in [0.25, 0.3) is 0 Å². The van der Waals surface area contributed by atoms with E-state index in [9.17, 15) is 4.79 Å². The second-order valence-electron chi connectivity index (χ2n) is 4.46. The maximum absolute atomic E-state index is 12.2. The molecule has 0 fully saturated rings. The maximum atomic E-state index is 12.2. The smallest absolute Gasteiger partial charge is 0.329 e. The van der Waals surface area contributed by atoms with Crippen LogP contribution < -0.4 is 5.32 Å². The normalized spacial score (nSPS) is 10.9. The average Bonchev–Trinajstić information content (AvgIpc) is 2.51. The van der Waals surface area contributed by atoms with Gasteiger partial charge in [-0.15, -0.1) is 0 Å². The lowest BCUT2D eigenvalue weighted by molar-refractivity contribution is 0.217. The van der Waals surface area contributed by atoms with Gasteiger partial charge in [0.25, 0.3) is 0 Å². The van der Waals surface area contributed by atoms with E-state index in [1.807, 2.05) is 62.4 Å². The highest BCUT2D eigenvalue weighted by molar-refractivity contribution is 5.76. The van der Waals surface area contributed by atoms with Crippen LogP contribution in [0.15, 0.2) is 54.1 Å². The molecule has 0 aliphatic rings. The van der Waals surface area contributed by atoms with Gasteiger partial charge in [-0.3, -0.25) is 0 Å². The Bertz CT molecular complexity index is 562. The molecule has 0 aliphatic heterocycles. The zero-order valence-electron chi connectivity index (χ0n) is 12.9. The van der Waals surface area contributed by atoms with Crippen LogP contribution in [0.1, 0.15) is 26.3 Å². The predicted octanol–water partition coefficient (Wildman–Crippen LogP) is 3.70. The molecule has 110 valence electrons. The van der Waals surface area contributed by atoms with Crippen LogP contribution >= 0.6 is 0 Å². The van der Waals surface area contributed by atoms with Crippen LogP contribution in [0.4, 0.5) is 4.79 Å². The Balaban J connectivity index is 2.67. The van der Waals surface area contributed by atoms with Crippen molar-refractivity contribution in [2.75, 3.05) is 6.54 Å². The summed E-state index contributed by atoms with van der Waals surface area (Å²) in [6, 6.07) is 12.5. The molecule has 1 rings (SSSR count). The SMILES string of the molecule is CC#CN(Cc1ccccc1)C(=O)NCC(/C=C\C)=C/C. The molecule has 0 bridgehead atoms. The third-order valence-electron chi connectivity index (χ3n) is 2.87. The van der Waals surface area contributed by atoms with Gasteiger partial charge in [0.15, 0.2) is 0 Å². The molecular weight excluding hydrogens is 260 g/mol. The summed E-state index contributed by atoms with van der Waals surface area (Å²) in [4.78, 5) is 13.7. The number of allylic oxidation sites excluding steroid dienone is 2. The van der Waals surface area contributed by atoms with Crippen LogP contribution in [0, 0.1) is 12.0 Å². The van der Waals surface area contributed by atoms with Crippen molar-refractivity contribution < 1.29 is 4.79 Å². The van der Waals surface area contributed by atoms with Gasteiger partial charge in [-0.1, -0.05) is 54.5 Å². The van der Waals surface area contributed by atoms with Crippen molar-refractivity contribution in [3.8, 4) is 12.0 Å². The van der Waals surface area contributed by atoms with E-state index in [0.29, 0.717) is 13.1 Å². The van der Waals surface area contributed by atoms with Crippen molar-refractivity contribution >= 4 is 6.03 Å². The van der Waals surface area contributed by atoms with Gasteiger partial charge in [0.05, 0.1) is 6.54 Å². The lowest BCUT2D eigenvalue weighted by Crippen LogP contribution is -2.37. The van der Waals surface area contributed by atoms with Gasteiger partial charge in [-0.05, 0) is 31.9 Å². The molecule has 0 aromatic heterocycles. The molecule has 1 aromatic carbocycles. The Morgan fingerprint density at radius 2 is 2.00 bits per heavy atom. The molecule has 0 radical (unpaired) electrons. The fourth-order valence-corrected chi connectivity index (χ4v) is 1.81. The van der Waals surface area contributed by atoms with E-state index in [1.165, 1.54) is 4.90 Å². The molecule has 3 nitrogen and oxygen atoms in total. The van der Waals surface area contributed by atoms with Crippen LogP contribution in [0.3, 0.4) is 0 Å². The minimum Gasteiger partial charge on any atom is -0.333 e. The Morgan fingerprint density at radius 1 is 1.29 bits per heavy atom. The van der Waals surface area contributed by atoms with Gasteiger partial charge in [-0.2, -0.15) is 0 Å². The first-order valence-corrected chi connectivity index (χ1v) is 7.00. The average molecular weight is 282 g/mol. The minimum absolute atomic E-state index is 0.183. The highest BCUT2D eigenvalue weighted by atomic mass is 16.2. The third-order valence-corrected chi connectivity index (χ3v) is 2.87. The summed E-state index contributed by atoms with van der Waals surface area (Å²) in [7, 11) is 0. The fourth-order valence-electron chi connectivity index (χ4n) is 1.81. The van der Waals surface area contributed by atoms with E-state index >= 15 is 0 Å². The van der Waals surface area contributed by atoms with E-state index < -0.39 is 0 Å². The number of nitrogens with zero attached hydrogens (tertiary/aromatic N) is 1. The molecule has 0 unspecified atom stereocenters. The lowest BCUT2D eigenvalue weighted by Gasteiger charge is -2.17. The van der Waals surface area contributed by atoms with Crippen LogP contribution in [-0.2, 0) is 6.54 Å². The molecule has 3 heteroatoms. The number of hydrogen-bond donors (Lipinski definition) is 1. The Kier molecular flexibility index (Phi) is 7.45. The van der Waals surface area contributed by atoms with Crippen molar-refractivity contribution in [3.63, 3.8) is 0 Å². The van der Waals surface area contributed by atoms with E-state index in [4.69, 9.17) is 0 Å². The number of rotatable bonds is 5. The van der Waals surface area contributed by atoms with Crippen molar-refractivity contribution in [2.45, 2.75) is 27.3 Å². The van der Waals surface area contributed by atoms with Gasteiger partial charge >= 0.3 is 6.03 Å². The highest BCUT2D eigenvalue weighted by Gasteiger charge is 2.11. The van der Waals surface area contributed by atoms with Gasteiger partial charge in [0, 0.05) is 12.6 Å². The standard InChI is InChI=1S/C18H22N2O/c1-4-10-16(6-3)14-19-18(21)20(13-5-2)15-17-11-8-7-9-12-17/h4,6-12H,14-15H2,1-3H3,(H,19,21)/b10-4-,16-6+. The van der Waals surface area contributed by atoms with Crippen LogP contribution in [0.2, 0.25) is 0 Å². The summed E-state index contributed by atoms with van der Waals surface area (Å²) in [5.74, 6) is 2.78. The first kappa shape index (κ1) is 16.6. The molecule has 2 amide bonds. The summed E-state index contributed by atoms with van der Waals surface area (Å²) < 4.78 is 0. The summed E-state index contributed by atoms with van der Waals surface area (Å²) in [5, 5.41) is 2.89. The molecule has 0 heterocycles. The van der Waals surface area contributed by atoms with Gasteiger partial charge < -0.3 is 5.32 Å². The second-order valence-corrected chi connectivity index (χ2v) is 4.46. The molecule has 21 heavy (non-hydrogen) atoms. The number of carbonyl (C=O) groups is 1. The lowest BCUT2D eigenvalue weighted by atomic mass is 10.2. The minimum atomic E-state index is -0.183. The molecule has 0 atom stereocenters. The summed E-state index contributed by atoms with van der Waals surface area (Å²) >= 11 is 0. The van der Waals surface area contributed by atoms with Crippen molar-refractivity contribution in [1.29, 1.82) is 0 Å². The molecule has 1 aromatic rings. The molecule has 1 N–H and O–H groups in total. The Morgan fingerprint density at radius 3 is 2.57 bits per heavy atom. The van der Waals surface area contributed by atoms with Crippen molar-refractivity contribution in [1.82, 2.24) is 10.2 Å². The molecule has 0 aliphatic carbocycles. The predicted molar refractivity (Wildman–Crippen MR) is 87.4 cm³/mol. The summed E-state index contributed by atoms with van der Waals surface area (Å²) in [6.07, 6.45) is 5.91. The molecule has 0 spiro atoms. The summed E-state index contributed by atoms with van der Waals surface area (Å²) in [5.41, 5.74) is 2.12. The fraction of sp³-hybridized carbons (Fsp3) is 0.278. The van der Waals surface area contributed by atoms with E-state index in [-0.39, 0.29) is 6.03 Å². The second kappa shape index (κ2) is 9.44. The van der Waals surface area contributed by atoms with Crippen LogP contribution in [-0.4, -0.2) is 17.5 Å². The Hall–Kier alpha value is -2.47. The third kappa shape index (κ3) is 6.01. The molecular formula is C18H22N2O. The number of amides is 2. The summed E-state index contributed by atoms with van der Waals surface area (Å²) in [6.45, 7) is 6.60. The van der Waals surface area contributed by atoms with E-state index in [1.54, 1.807) is 6.92 Å². The van der Waals surface area contributed by atoms with Crippen LogP contribution in [0.5, 0.6) is 0 Å². The van der Waals surface area contributed by atoms with Gasteiger partial charge in [0.1, 0.15) is 0 Å². The van der Waals surface area contributed by atoms with Crippen molar-refractivity contribution in [3.05, 3.63) is 59.7 Å². The number of hydrogen-bond acceptors (Lipinski definition) is 1. The number of benzene rings is 1. The largest absolute Gasteiger partial charge is 0.333 e. The van der Waals surface area contributed by atoms with Crippen molar-refractivity contribution in [2.24, 2.45) is 0 Å². The zero-order chi connectivity index (χ0) is 15.5. The van der Waals surface area contributed by atoms with Gasteiger partial charge in [0.2, 0.25) is 0 Å². The first-order chi connectivity index (χ1) is 10.2. The molecule has 0 saturated heterocycles. The number of urea groups is 1. The maximum Gasteiger partial charge on any atom is 0.329 e. The number of carbonyl (C=O) groups excluding carboxylic acids is 1. The van der Waals surface area contributed by atoms with E-state index in [2.05, 4.69) is 17.3 Å². The molecule has 0 saturated carbocycles.